The molecule has 0 saturated carbocycles. The van der Waals surface area contributed by atoms with Crippen LogP contribution in [0.1, 0.15) is 18.4 Å². The Kier molecular flexibility index (Phi) is 8.47. The van der Waals surface area contributed by atoms with Crippen molar-refractivity contribution >= 4 is 18.3 Å². The number of hydrogen-bond donors (Lipinski definition) is 2. The topological polar surface area (TPSA) is 67.6 Å². The Morgan fingerprint density at radius 3 is 2.76 bits per heavy atom. The van der Waals surface area contributed by atoms with E-state index in [0.717, 1.165) is 19.4 Å². The third-order valence-electron chi connectivity index (χ3n) is 3.91. The molecule has 0 aromatic heterocycles. The summed E-state index contributed by atoms with van der Waals surface area (Å²) in [6.07, 6.45) is -3.13. The maximum absolute atomic E-state index is 12.5. The molecule has 142 valence electrons. The number of nitrogens with two attached hydrogens (primary N) is 1. The number of piperidine rings is 1. The number of carbonyl (C=O) groups excluding carboxylic acids is 1. The van der Waals surface area contributed by atoms with E-state index in [1.54, 1.807) is 12.1 Å². The van der Waals surface area contributed by atoms with Crippen LogP contribution in [0.3, 0.4) is 0 Å². The molecule has 1 amide bonds. The first-order chi connectivity index (χ1) is 11.4. The van der Waals surface area contributed by atoms with Crippen LogP contribution in [0.15, 0.2) is 24.3 Å². The molecular weight excluding hydrogens is 359 g/mol. The summed E-state index contributed by atoms with van der Waals surface area (Å²) in [4.78, 5) is 14.0. The number of ether oxygens (including phenoxy) is 1. The molecule has 0 bridgehead atoms. The Hall–Kier alpha value is -1.51. The van der Waals surface area contributed by atoms with Gasteiger partial charge in [0.25, 0.3) is 0 Å². The summed E-state index contributed by atoms with van der Waals surface area (Å²) in [5.74, 6) is -0.411. The largest absolute Gasteiger partial charge is 0.573 e. The van der Waals surface area contributed by atoms with Crippen molar-refractivity contribution < 1.29 is 22.7 Å². The molecule has 1 atom stereocenters. The third kappa shape index (κ3) is 7.09. The van der Waals surface area contributed by atoms with Gasteiger partial charge in [0, 0.05) is 31.7 Å². The van der Waals surface area contributed by atoms with Gasteiger partial charge in [-0.05, 0) is 25.5 Å². The van der Waals surface area contributed by atoms with Crippen molar-refractivity contribution in [3.8, 4) is 5.75 Å². The molecule has 0 aliphatic carbocycles. The second-order valence-electron chi connectivity index (χ2n) is 5.81. The van der Waals surface area contributed by atoms with Gasteiger partial charge in [-0.15, -0.1) is 25.6 Å². The van der Waals surface area contributed by atoms with E-state index in [1.807, 2.05) is 4.90 Å². The summed E-state index contributed by atoms with van der Waals surface area (Å²) in [5, 5.41) is 2.76. The average molecular weight is 382 g/mol. The van der Waals surface area contributed by atoms with Gasteiger partial charge in [-0.1, -0.05) is 18.2 Å². The number of halogens is 4. The van der Waals surface area contributed by atoms with E-state index >= 15 is 0 Å². The fourth-order valence-electron chi connectivity index (χ4n) is 2.85. The second kappa shape index (κ2) is 9.84. The van der Waals surface area contributed by atoms with Gasteiger partial charge in [0.05, 0.1) is 5.92 Å². The van der Waals surface area contributed by atoms with Crippen LogP contribution in [0.25, 0.3) is 0 Å². The molecule has 5 nitrogen and oxygen atoms in total. The number of nitrogens with zero attached hydrogens (tertiary/aromatic N) is 1. The minimum atomic E-state index is -4.72. The highest BCUT2D eigenvalue weighted by Gasteiger charge is 2.32. The number of rotatable bonds is 6. The number of para-hydroxylation sites is 1. The van der Waals surface area contributed by atoms with E-state index in [9.17, 15) is 18.0 Å². The predicted octanol–water partition coefficient (Wildman–Crippen LogP) is 2.29. The lowest BCUT2D eigenvalue weighted by Crippen LogP contribution is -2.43. The number of carbonyl (C=O) groups is 1. The number of likely N-dealkylation sites (tertiary alicyclic amines) is 1. The van der Waals surface area contributed by atoms with E-state index in [-0.39, 0.29) is 30.0 Å². The van der Waals surface area contributed by atoms with Crippen LogP contribution < -0.4 is 15.8 Å². The highest BCUT2D eigenvalue weighted by Crippen LogP contribution is 2.28. The van der Waals surface area contributed by atoms with Gasteiger partial charge in [0.1, 0.15) is 5.75 Å². The maximum atomic E-state index is 12.5. The minimum absolute atomic E-state index is 0. The smallest absolute Gasteiger partial charge is 0.405 e. The van der Waals surface area contributed by atoms with Crippen LogP contribution in [0, 0.1) is 5.92 Å². The van der Waals surface area contributed by atoms with Gasteiger partial charge in [-0.2, -0.15) is 0 Å². The molecule has 1 aromatic carbocycles. The Bertz CT molecular complexity index is 558. The Balaban J connectivity index is 0.00000312. The van der Waals surface area contributed by atoms with Crippen molar-refractivity contribution in [2.45, 2.75) is 25.7 Å². The Labute approximate surface area is 151 Å². The first-order valence-electron chi connectivity index (χ1n) is 7.93. The average Bonchev–Trinajstić information content (AvgIpc) is 2.53. The van der Waals surface area contributed by atoms with Crippen LogP contribution in [-0.4, -0.2) is 43.3 Å². The molecule has 1 saturated heterocycles. The van der Waals surface area contributed by atoms with Crippen LogP contribution >= 0.6 is 12.4 Å². The molecule has 1 unspecified atom stereocenters. The van der Waals surface area contributed by atoms with Crippen LogP contribution in [0.4, 0.5) is 13.2 Å². The SMILES string of the molecule is Cl.NCCNC(=O)C1CCCN(Cc2ccccc2OC(F)(F)F)C1. The summed E-state index contributed by atoms with van der Waals surface area (Å²) in [6, 6.07) is 6.09. The van der Waals surface area contributed by atoms with Crippen molar-refractivity contribution in [1.82, 2.24) is 10.2 Å². The molecular formula is C16H23ClF3N3O2. The number of nitrogens with one attached hydrogen (secondary N) is 1. The molecule has 1 aliphatic rings. The quantitative estimate of drug-likeness (QED) is 0.793. The van der Waals surface area contributed by atoms with Gasteiger partial charge in [-0.3, -0.25) is 9.69 Å². The van der Waals surface area contributed by atoms with Crippen LogP contribution in [0.5, 0.6) is 5.75 Å². The van der Waals surface area contributed by atoms with Crippen molar-refractivity contribution in [3.63, 3.8) is 0 Å². The first-order valence-corrected chi connectivity index (χ1v) is 7.93. The van der Waals surface area contributed by atoms with Gasteiger partial charge >= 0.3 is 6.36 Å². The number of hydrogen-bond acceptors (Lipinski definition) is 4. The van der Waals surface area contributed by atoms with Gasteiger partial charge in [0.15, 0.2) is 0 Å². The van der Waals surface area contributed by atoms with E-state index < -0.39 is 6.36 Å². The van der Waals surface area contributed by atoms with E-state index in [0.29, 0.717) is 31.7 Å². The van der Waals surface area contributed by atoms with Crippen molar-refractivity contribution in [2.75, 3.05) is 26.2 Å². The number of alkyl halides is 3. The van der Waals surface area contributed by atoms with Gasteiger partial charge < -0.3 is 15.8 Å². The normalized spacial score (nSPS) is 18.3. The van der Waals surface area contributed by atoms with E-state index in [4.69, 9.17) is 5.73 Å². The minimum Gasteiger partial charge on any atom is -0.405 e. The summed E-state index contributed by atoms with van der Waals surface area (Å²) < 4.78 is 41.5. The summed E-state index contributed by atoms with van der Waals surface area (Å²) in [6.45, 7) is 2.37. The maximum Gasteiger partial charge on any atom is 0.573 e. The molecule has 1 fully saturated rings. The first kappa shape index (κ1) is 21.5. The molecule has 9 heteroatoms. The molecule has 1 heterocycles. The highest BCUT2D eigenvalue weighted by atomic mass is 35.5. The van der Waals surface area contributed by atoms with Crippen molar-refractivity contribution in [2.24, 2.45) is 11.7 Å². The van der Waals surface area contributed by atoms with Gasteiger partial charge in [-0.25, -0.2) is 0 Å². The van der Waals surface area contributed by atoms with E-state index in [2.05, 4.69) is 10.1 Å². The number of amides is 1. The zero-order valence-electron chi connectivity index (χ0n) is 13.7. The zero-order valence-corrected chi connectivity index (χ0v) is 14.5. The molecule has 25 heavy (non-hydrogen) atoms. The fourth-order valence-corrected chi connectivity index (χ4v) is 2.85. The lowest BCUT2D eigenvalue weighted by molar-refractivity contribution is -0.275. The Morgan fingerprint density at radius 2 is 2.08 bits per heavy atom. The molecule has 0 spiro atoms. The number of benzene rings is 1. The predicted molar refractivity (Wildman–Crippen MR) is 90.4 cm³/mol. The van der Waals surface area contributed by atoms with Crippen molar-refractivity contribution in [3.05, 3.63) is 29.8 Å². The van der Waals surface area contributed by atoms with Gasteiger partial charge in [0.2, 0.25) is 5.91 Å². The molecule has 0 radical (unpaired) electrons. The van der Waals surface area contributed by atoms with E-state index in [1.165, 1.54) is 12.1 Å². The Morgan fingerprint density at radius 1 is 1.36 bits per heavy atom. The lowest BCUT2D eigenvalue weighted by Gasteiger charge is -2.32. The lowest BCUT2D eigenvalue weighted by atomic mass is 9.96. The molecule has 1 aliphatic heterocycles. The second-order valence-corrected chi connectivity index (χ2v) is 5.81. The summed E-state index contributed by atoms with van der Waals surface area (Å²) in [7, 11) is 0. The van der Waals surface area contributed by atoms with Crippen LogP contribution in [-0.2, 0) is 11.3 Å². The molecule has 2 rings (SSSR count). The third-order valence-corrected chi connectivity index (χ3v) is 3.91. The van der Waals surface area contributed by atoms with Crippen molar-refractivity contribution in [1.29, 1.82) is 0 Å². The molecule has 3 N–H and O–H groups in total. The zero-order chi connectivity index (χ0) is 17.6. The highest BCUT2D eigenvalue weighted by molar-refractivity contribution is 5.85. The standard InChI is InChI=1S/C16H22F3N3O2.ClH/c17-16(18,19)24-14-6-2-1-4-12(14)10-22-9-3-5-13(11-22)15(23)21-8-7-20;/h1-2,4,6,13H,3,5,7-11,20H2,(H,21,23);1H. The summed E-state index contributed by atoms with van der Waals surface area (Å²) >= 11 is 0. The monoisotopic (exact) mass is 381 g/mol. The van der Waals surface area contributed by atoms with Crippen LogP contribution in [0.2, 0.25) is 0 Å². The molecule has 1 aromatic rings. The summed E-state index contributed by atoms with van der Waals surface area (Å²) in [5.41, 5.74) is 5.83. The fraction of sp³-hybridized carbons (Fsp3) is 0.562.